The number of aromatic nitrogens is 3. The Morgan fingerprint density at radius 2 is 1.86 bits per heavy atom. The van der Waals surface area contributed by atoms with Gasteiger partial charge in [0.25, 0.3) is 11.5 Å². The second-order valence-electron chi connectivity index (χ2n) is 7.21. The number of nitrogens with zero attached hydrogens (tertiary/aromatic N) is 3. The number of anilines is 1. The molecule has 3 rings (SSSR count). The minimum atomic E-state index is -0.414. The average Bonchev–Trinajstić information content (AvgIpc) is 3.08. The fourth-order valence-electron chi connectivity index (χ4n) is 2.82. The minimum Gasteiger partial charge on any atom is -0.421 e. The second-order valence-corrected chi connectivity index (χ2v) is 7.21. The molecule has 0 radical (unpaired) electrons. The minimum absolute atomic E-state index is 0.169. The molecule has 2 heterocycles. The van der Waals surface area contributed by atoms with E-state index in [0.717, 1.165) is 12.0 Å². The highest BCUT2D eigenvalue weighted by molar-refractivity contribution is 6.05. The number of carbonyl (C=O) groups excluding carboxylic acids is 1. The first-order valence-electron chi connectivity index (χ1n) is 9.27. The van der Waals surface area contributed by atoms with E-state index in [-0.39, 0.29) is 11.1 Å². The molecule has 0 aliphatic heterocycles. The summed E-state index contributed by atoms with van der Waals surface area (Å²) in [5.74, 6) is 0.970. The molecule has 146 valence electrons. The van der Waals surface area contributed by atoms with E-state index in [4.69, 9.17) is 4.42 Å². The van der Waals surface area contributed by atoms with Crippen molar-refractivity contribution in [3.8, 4) is 11.5 Å². The van der Waals surface area contributed by atoms with Gasteiger partial charge in [-0.05, 0) is 55.2 Å². The Hall–Kier alpha value is -3.22. The SMILES string of the molecule is Cc1nnc(-c2ccc(NC(=O)c3c(C)ccn(CCC(C)C)c3=O)cc2)o1. The first-order chi connectivity index (χ1) is 13.3. The monoisotopic (exact) mass is 380 g/mol. The number of rotatable bonds is 6. The third-order valence-electron chi connectivity index (χ3n) is 4.46. The molecule has 0 spiro atoms. The van der Waals surface area contributed by atoms with Crippen molar-refractivity contribution in [1.82, 2.24) is 14.8 Å². The van der Waals surface area contributed by atoms with Crippen molar-refractivity contribution >= 4 is 11.6 Å². The Balaban J connectivity index is 1.79. The molecule has 0 bridgehead atoms. The Bertz CT molecular complexity index is 1030. The number of carbonyl (C=O) groups is 1. The normalized spacial score (nSPS) is 11.0. The largest absolute Gasteiger partial charge is 0.421 e. The molecule has 0 saturated heterocycles. The van der Waals surface area contributed by atoms with Crippen molar-refractivity contribution < 1.29 is 9.21 Å². The van der Waals surface area contributed by atoms with Crippen LogP contribution in [0.3, 0.4) is 0 Å². The molecule has 1 aromatic carbocycles. The van der Waals surface area contributed by atoms with Gasteiger partial charge in [0.2, 0.25) is 11.8 Å². The molecule has 1 amide bonds. The van der Waals surface area contributed by atoms with Crippen LogP contribution < -0.4 is 10.9 Å². The van der Waals surface area contributed by atoms with Crippen molar-refractivity contribution in [3.05, 3.63) is 63.9 Å². The molecule has 0 fully saturated rings. The van der Waals surface area contributed by atoms with Gasteiger partial charge in [-0.15, -0.1) is 10.2 Å². The third kappa shape index (κ3) is 4.36. The molecule has 0 aliphatic carbocycles. The van der Waals surface area contributed by atoms with Crippen LogP contribution in [-0.4, -0.2) is 20.7 Å². The molecule has 7 heteroatoms. The highest BCUT2D eigenvalue weighted by Crippen LogP contribution is 2.20. The fraction of sp³-hybridized carbons (Fsp3) is 0.333. The average molecular weight is 380 g/mol. The van der Waals surface area contributed by atoms with Crippen LogP contribution in [0.1, 0.15) is 42.1 Å². The topological polar surface area (TPSA) is 90.0 Å². The standard InChI is InChI=1S/C21H24N4O3/c1-13(2)9-11-25-12-10-14(3)18(21(25)27)19(26)22-17-7-5-16(6-8-17)20-24-23-15(4)28-20/h5-8,10,12-13H,9,11H2,1-4H3,(H,22,26). The lowest BCUT2D eigenvalue weighted by atomic mass is 10.1. The number of benzene rings is 1. The maximum Gasteiger partial charge on any atom is 0.263 e. The summed E-state index contributed by atoms with van der Waals surface area (Å²) < 4.78 is 6.99. The predicted molar refractivity (Wildman–Crippen MR) is 107 cm³/mol. The summed E-state index contributed by atoms with van der Waals surface area (Å²) in [5.41, 5.74) is 1.90. The maximum atomic E-state index is 12.7. The van der Waals surface area contributed by atoms with E-state index in [0.29, 0.717) is 35.5 Å². The molecule has 7 nitrogen and oxygen atoms in total. The van der Waals surface area contributed by atoms with Gasteiger partial charge in [-0.25, -0.2) is 0 Å². The molecule has 3 aromatic rings. The van der Waals surface area contributed by atoms with Crippen molar-refractivity contribution in [3.63, 3.8) is 0 Å². The van der Waals surface area contributed by atoms with Gasteiger partial charge in [0.15, 0.2) is 0 Å². The molecule has 0 atom stereocenters. The van der Waals surface area contributed by atoms with Gasteiger partial charge in [-0.2, -0.15) is 0 Å². The van der Waals surface area contributed by atoms with Crippen molar-refractivity contribution in [2.24, 2.45) is 5.92 Å². The summed E-state index contributed by atoms with van der Waals surface area (Å²) in [6.07, 6.45) is 2.62. The lowest BCUT2D eigenvalue weighted by molar-refractivity contribution is 0.102. The van der Waals surface area contributed by atoms with E-state index in [2.05, 4.69) is 29.4 Å². The quantitative estimate of drug-likeness (QED) is 0.702. The van der Waals surface area contributed by atoms with Gasteiger partial charge >= 0.3 is 0 Å². The molecule has 0 unspecified atom stereocenters. The van der Waals surface area contributed by atoms with Gasteiger partial charge in [0.1, 0.15) is 5.56 Å². The Morgan fingerprint density at radius 1 is 1.14 bits per heavy atom. The molecule has 2 aromatic heterocycles. The van der Waals surface area contributed by atoms with E-state index >= 15 is 0 Å². The lowest BCUT2D eigenvalue weighted by Gasteiger charge is -2.12. The highest BCUT2D eigenvalue weighted by Gasteiger charge is 2.16. The highest BCUT2D eigenvalue weighted by atomic mass is 16.4. The van der Waals surface area contributed by atoms with Crippen LogP contribution in [0.5, 0.6) is 0 Å². The van der Waals surface area contributed by atoms with Gasteiger partial charge in [-0.1, -0.05) is 13.8 Å². The van der Waals surface area contributed by atoms with E-state index in [1.165, 1.54) is 0 Å². The molecular weight excluding hydrogens is 356 g/mol. The van der Waals surface area contributed by atoms with Crippen molar-refractivity contribution in [2.45, 2.75) is 40.7 Å². The third-order valence-corrected chi connectivity index (χ3v) is 4.46. The van der Waals surface area contributed by atoms with Crippen LogP contribution in [0.4, 0.5) is 5.69 Å². The van der Waals surface area contributed by atoms with Crippen LogP contribution in [0, 0.1) is 19.8 Å². The van der Waals surface area contributed by atoms with Crippen LogP contribution >= 0.6 is 0 Å². The van der Waals surface area contributed by atoms with Crippen molar-refractivity contribution in [1.29, 1.82) is 0 Å². The van der Waals surface area contributed by atoms with E-state index < -0.39 is 5.91 Å². The first-order valence-corrected chi connectivity index (χ1v) is 9.27. The summed E-state index contributed by atoms with van der Waals surface area (Å²) in [7, 11) is 0. The molecular formula is C21H24N4O3. The molecule has 0 saturated carbocycles. The first kappa shape index (κ1) is 19.5. The van der Waals surface area contributed by atoms with Crippen LogP contribution in [0.25, 0.3) is 11.5 Å². The zero-order valence-corrected chi connectivity index (χ0v) is 16.5. The number of amides is 1. The smallest absolute Gasteiger partial charge is 0.263 e. The molecule has 0 aliphatic rings. The fourth-order valence-corrected chi connectivity index (χ4v) is 2.82. The van der Waals surface area contributed by atoms with Gasteiger partial charge in [-0.3, -0.25) is 9.59 Å². The molecule has 28 heavy (non-hydrogen) atoms. The van der Waals surface area contributed by atoms with Crippen LogP contribution in [0.2, 0.25) is 0 Å². The van der Waals surface area contributed by atoms with Gasteiger partial charge < -0.3 is 14.3 Å². The zero-order valence-electron chi connectivity index (χ0n) is 16.5. The zero-order chi connectivity index (χ0) is 20.3. The number of hydrogen-bond acceptors (Lipinski definition) is 5. The van der Waals surface area contributed by atoms with Crippen LogP contribution in [0.15, 0.2) is 45.7 Å². The van der Waals surface area contributed by atoms with Crippen LogP contribution in [-0.2, 0) is 6.54 Å². The number of aryl methyl sites for hydroxylation is 3. The maximum absolute atomic E-state index is 12.7. The number of pyridine rings is 1. The Kier molecular flexibility index (Phi) is 5.73. The van der Waals surface area contributed by atoms with E-state index in [1.54, 1.807) is 54.9 Å². The summed E-state index contributed by atoms with van der Waals surface area (Å²) in [6, 6.07) is 8.84. The molecule has 1 N–H and O–H groups in total. The number of hydrogen-bond donors (Lipinski definition) is 1. The van der Waals surface area contributed by atoms with Crippen molar-refractivity contribution in [2.75, 3.05) is 5.32 Å². The summed E-state index contributed by atoms with van der Waals surface area (Å²) in [6.45, 7) is 8.29. The Morgan fingerprint density at radius 3 is 2.46 bits per heavy atom. The number of nitrogens with one attached hydrogen (secondary N) is 1. The predicted octanol–water partition coefficient (Wildman–Crippen LogP) is 3.81. The second kappa shape index (κ2) is 8.21. The van der Waals surface area contributed by atoms with E-state index in [9.17, 15) is 9.59 Å². The van der Waals surface area contributed by atoms with Gasteiger partial charge in [0.05, 0.1) is 0 Å². The van der Waals surface area contributed by atoms with E-state index in [1.807, 2.05) is 0 Å². The van der Waals surface area contributed by atoms with Gasteiger partial charge in [0, 0.05) is 30.9 Å². The Labute approximate surface area is 163 Å². The summed E-state index contributed by atoms with van der Waals surface area (Å²) in [4.78, 5) is 25.5. The summed E-state index contributed by atoms with van der Waals surface area (Å²) in [5, 5.41) is 10.6. The lowest BCUT2D eigenvalue weighted by Crippen LogP contribution is -2.30. The summed E-state index contributed by atoms with van der Waals surface area (Å²) >= 11 is 0.